The average molecular weight is 286 g/mol. The molecule has 0 bridgehead atoms. The molecule has 0 saturated carbocycles. The largest absolute Gasteiger partial charge is 0.480 e. The number of halogens is 2. The summed E-state index contributed by atoms with van der Waals surface area (Å²) in [5.74, 6) is -0.444. The van der Waals surface area contributed by atoms with Crippen LogP contribution in [0.15, 0.2) is 17.1 Å². The Labute approximate surface area is 114 Å². The Morgan fingerprint density at radius 2 is 1.94 bits per heavy atom. The van der Waals surface area contributed by atoms with Crippen molar-refractivity contribution >= 4 is 36.6 Å². The third-order valence-corrected chi connectivity index (χ3v) is 1.93. The number of hydrogen-bond donors (Lipinski definition) is 3. The first kappa shape index (κ1) is 21.5. The fourth-order valence-corrected chi connectivity index (χ4v) is 0.879. The van der Waals surface area contributed by atoms with Crippen molar-refractivity contribution in [3.63, 3.8) is 0 Å². The molecule has 0 amide bonds. The normalized spacial score (nSPS) is 14.6. The molecule has 0 aliphatic heterocycles. The maximum atomic E-state index is 10.6. The van der Waals surface area contributed by atoms with E-state index in [-0.39, 0.29) is 24.8 Å². The van der Waals surface area contributed by atoms with Gasteiger partial charge in [-0.15, -0.1) is 24.8 Å². The van der Waals surface area contributed by atoms with Crippen LogP contribution in [0.25, 0.3) is 0 Å². The highest BCUT2D eigenvalue weighted by Crippen LogP contribution is 2.09. The summed E-state index contributed by atoms with van der Waals surface area (Å²) in [6.45, 7) is 3.75. The zero-order chi connectivity index (χ0) is 11.9. The van der Waals surface area contributed by atoms with E-state index in [1.807, 2.05) is 12.2 Å². The molecule has 0 aromatic heterocycles. The van der Waals surface area contributed by atoms with Crippen molar-refractivity contribution in [3.05, 3.63) is 12.2 Å². The summed E-state index contributed by atoms with van der Waals surface area (Å²) >= 11 is 0. The third-order valence-electron chi connectivity index (χ3n) is 1.93. The Balaban J connectivity index is -0.000000980. The molecule has 17 heavy (non-hydrogen) atoms. The molecule has 0 aliphatic rings. The summed E-state index contributed by atoms with van der Waals surface area (Å²) in [6.07, 6.45) is 4.73. The molecule has 5 N–H and O–H groups in total. The smallest absolute Gasteiger partial charge is 0.323 e. The van der Waals surface area contributed by atoms with E-state index >= 15 is 0 Å². The van der Waals surface area contributed by atoms with Gasteiger partial charge in [-0.1, -0.05) is 12.2 Å². The molecule has 7 heteroatoms. The van der Waals surface area contributed by atoms with Crippen LogP contribution in [-0.4, -0.2) is 29.0 Å². The number of aliphatic imine (C=N–C) groups is 1. The first-order chi connectivity index (χ1) is 6.86. The molecule has 0 rings (SSSR count). The number of aliphatic carboxylic acids is 1. The van der Waals surface area contributed by atoms with Crippen LogP contribution < -0.4 is 11.5 Å². The summed E-state index contributed by atoms with van der Waals surface area (Å²) in [4.78, 5) is 14.6. The monoisotopic (exact) mass is 285 g/mol. The second-order valence-electron chi connectivity index (χ2n) is 3.71. The molecule has 102 valence electrons. The van der Waals surface area contributed by atoms with Gasteiger partial charge in [-0.25, -0.2) is 0 Å². The molecule has 0 fully saturated rings. The van der Waals surface area contributed by atoms with Crippen LogP contribution >= 0.6 is 24.8 Å². The summed E-state index contributed by atoms with van der Waals surface area (Å²) in [6, 6.07) is 0. The molecular weight excluding hydrogens is 265 g/mol. The number of nitrogens with zero attached hydrogens (tertiary/aromatic N) is 1. The van der Waals surface area contributed by atoms with E-state index in [9.17, 15) is 4.79 Å². The Kier molecular flexibility index (Phi) is 13.1. The van der Waals surface area contributed by atoms with Gasteiger partial charge >= 0.3 is 5.97 Å². The summed E-state index contributed by atoms with van der Waals surface area (Å²) < 4.78 is 0. The zero-order valence-electron chi connectivity index (χ0n) is 10.0. The highest BCUT2D eigenvalue weighted by molar-refractivity contribution is 5.85. The van der Waals surface area contributed by atoms with Gasteiger partial charge in [0.1, 0.15) is 5.54 Å². The second kappa shape index (κ2) is 10.4. The number of hydrogen-bond acceptors (Lipinski definition) is 3. The highest BCUT2D eigenvalue weighted by atomic mass is 35.5. The minimum absolute atomic E-state index is 0. The molecule has 0 spiro atoms. The molecule has 0 aliphatic carbocycles. The van der Waals surface area contributed by atoms with Crippen molar-refractivity contribution < 1.29 is 9.90 Å². The fraction of sp³-hybridized carbons (Fsp3) is 0.600. The van der Waals surface area contributed by atoms with Gasteiger partial charge in [0.15, 0.2) is 0 Å². The van der Waals surface area contributed by atoms with Crippen LogP contribution in [0.1, 0.15) is 26.7 Å². The van der Waals surface area contributed by atoms with Gasteiger partial charge in [-0.05, 0) is 26.7 Å². The van der Waals surface area contributed by atoms with Crippen LogP contribution in [-0.2, 0) is 4.79 Å². The quantitative estimate of drug-likeness (QED) is 0.389. The number of nitrogens with two attached hydrogens (primary N) is 2. The van der Waals surface area contributed by atoms with E-state index < -0.39 is 11.5 Å². The lowest BCUT2D eigenvalue weighted by Crippen LogP contribution is -2.44. The number of allylic oxidation sites excluding steroid dienone is 1. The first-order valence-corrected chi connectivity index (χ1v) is 4.80. The van der Waals surface area contributed by atoms with Gasteiger partial charge in [0.2, 0.25) is 0 Å². The fourth-order valence-electron chi connectivity index (χ4n) is 0.879. The molecule has 0 heterocycles. The third kappa shape index (κ3) is 11.5. The zero-order valence-corrected chi connectivity index (χ0v) is 11.7. The molecule has 0 aromatic rings. The van der Waals surface area contributed by atoms with Gasteiger partial charge in [0.25, 0.3) is 0 Å². The van der Waals surface area contributed by atoms with Crippen molar-refractivity contribution in [2.75, 3.05) is 6.54 Å². The van der Waals surface area contributed by atoms with Gasteiger partial charge in [-0.3, -0.25) is 9.79 Å². The van der Waals surface area contributed by atoms with Crippen LogP contribution in [0.2, 0.25) is 0 Å². The SMILES string of the molecule is CC(N)=NC/C=C\CC[C@](C)(N)C(=O)O.Cl.Cl. The lowest BCUT2D eigenvalue weighted by atomic mass is 9.97. The highest BCUT2D eigenvalue weighted by Gasteiger charge is 2.26. The predicted molar refractivity (Wildman–Crippen MR) is 75.3 cm³/mol. The van der Waals surface area contributed by atoms with Crippen LogP contribution in [0.5, 0.6) is 0 Å². The van der Waals surface area contributed by atoms with Crippen LogP contribution in [0.3, 0.4) is 0 Å². The molecule has 5 nitrogen and oxygen atoms in total. The average Bonchev–Trinajstić information content (AvgIpc) is 2.10. The molecule has 0 radical (unpaired) electrons. The van der Waals surface area contributed by atoms with E-state index in [0.29, 0.717) is 25.2 Å². The lowest BCUT2D eigenvalue weighted by molar-refractivity contribution is -0.142. The Morgan fingerprint density at radius 3 is 2.35 bits per heavy atom. The van der Waals surface area contributed by atoms with E-state index in [0.717, 1.165) is 0 Å². The maximum Gasteiger partial charge on any atom is 0.323 e. The maximum absolute atomic E-state index is 10.6. The Hall–Kier alpha value is -0.780. The number of carbonyl (C=O) groups is 1. The summed E-state index contributed by atoms with van der Waals surface area (Å²) in [5.41, 5.74) is 9.72. The summed E-state index contributed by atoms with van der Waals surface area (Å²) in [7, 11) is 0. The number of carboxylic acids is 1. The molecule has 1 atom stereocenters. The van der Waals surface area contributed by atoms with Crippen molar-refractivity contribution in [2.45, 2.75) is 32.2 Å². The van der Waals surface area contributed by atoms with Crippen LogP contribution in [0.4, 0.5) is 0 Å². The Bertz CT molecular complexity index is 275. The topological polar surface area (TPSA) is 102 Å². The number of amidine groups is 1. The summed E-state index contributed by atoms with van der Waals surface area (Å²) in [5, 5.41) is 8.73. The second-order valence-corrected chi connectivity index (χ2v) is 3.71. The predicted octanol–water partition coefficient (Wildman–Crippen LogP) is 1.35. The first-order valence-electron chi connectivity index (χ1n) is 4.80. The van der Waals surface area contributed by atoms with Gasteiger partial charge in [0, 0.05) is 0 Å². The molecule has 0 saturated heterocycles. The standard InChI is InChI=1S/C10H19N3O2.2ClH/c1-8(11)13-7-5-3-4-6-10(2,12)9(14)15;;/h3,5H,4,6-7,12H2,1-2H3,(H2,11,13)(H,14,15);2*1H/b5-3-;;/t10-;;/m0../s1. The Morgan fingerprint density at radius 1 is 1.41 bits per heavy atom. The lowest BCUT2D eigenvalue weighted by Gasteiger charge is -2.17. The minimum Gasteiger partial charge on any atom is -0.480 e. The van der Waals surface area contributed by atoms with E-state index in [2.05, 4.69) is 4.99 Å². The molecule has 0 aromatic carbocycles. The van der Waals surface area contributed by atoms with E-state index in [1.165, 1.54) is 6.92 Å². The van der Waals surface area contributed by atoms with Gasteiger partial charge in [-0.2, -0.15) is 0 Å². The van der Waals surface area contributed by atoms with Crippen molar-refractivity contribution in [3.8, 4) is 0 Å². The number of rotatable bonds is 6. The van der Waals surface area contributed by atoms with E-state index in [4.69, 9.17) is 16.6 Å². The van der Waals surface area contributed by atoms with Crippen molar-refractivity contribution in [2.24, 2.45) is 16.5 Å². The van der Waals surface area contributed by atoms with E-state index in [1.54, 1.807) is 6.92 Å². The van der Waals surface area contributed by atoms with Crippen molar-refractivity contribution in [1.82, 2.24) is 0 Å². The van der Waals surface area contributed by atoms with Gasteiger partial charge in [0.05, 0.1) is 12.4 Å². The minimum atomic E-state index is -1.16. The van der Waals surface area contributed by atoms with Crippen LogP contribution in [0, 0.1) is 0 Å². The number of carboxylic acid groups (broad SMARTS) is 1. The van der Waals surface area contributed by atoms with Crippen molar-refractivity contribution in [1.29, 1.82) is 0 Å². The molecular formula is C10H21Cl2N3O2. The van der Waals surface area contributed by atoms with Gasteiger partial charge < -0.3 is 16.6 Å². The molecule has 0 unspecified atom stereocenters.